The summed E-state index contributed by atoms with van der Waals surface area (Å²) in [6, 6.07) is -0.323. The SMILES string of the molecule is COCc1noc(CNC(=O)[C@H]2CC[C@@H](NS(C)(=O)=O)[C@H](OC)C2)n1. The minimum absolute atomic E-state index is 0.134. The summed E-state index contributed by atoms with van der Waals surface area (Å²) in [6.45, 7) is 0.374. The van der Waals surface area contributed by atoms with E-state index < -0.39 is 10.0 Å². The molecule has 1 aromatic rings. The van der Waals surface area contributed by atoms with Crippen molar-refractivity contribution < 1.29 is 27.2 Å². The van der Waals surface area contributed by atoms with Crippen molar-refractivity contribution in [3.8, 4) is 0 Å². The highest BCUT2D eigenvalue weighted by Crippen LogP contribution is 2.27. The van der Waals surface area contributed by atoms with Crippen LogP contribution < -0.4 is 10.0 Å². The standard InChI is InChI=1S/C14H24N4O6S/c1-22-8-12-16-13(24-17-12)7-15-14(19)9-4-5-10(11(6-9)23-2)18-25(3,20)21/h9-11,18H,4-8H2,1-3H3,(H,15,19)/t9-,10+,11+/m0/s1. The Morgan fingerprint density at radius 3 is 2.76 bits per heavy atom. The average Bonchev–Trinajstić information content (AvgIpc) is 2.99. The van der Waals surface area contributed by atoms with E-state index in [1.54, 1.807) is 0 Å². The lowest BCUT2D eigenvalue weighted by atomic mass is 9.83. The zero-order valence-corrected chi connectivity index (χ0v) is 15.3. The molecular formula is C14H24N4O6S. The Kier molecular flexibility index (Phi) is 6.87. The summed E-state index contributed by atoms with van der Waals surface area (Å²) < 4.78 is 40.6. The van der Waals surface area contributed by atoms with E-state index in [4.69, 9.17) is 14.0 Å². The number of hydrogen-bond donors (Lipinski definition) is 2. The number of carbonyl (C=O) groups is 1. The number of rotatable bonds is 8. The van der Waals surface area contributed by atoms with Gasteiger partial charge in [-0.15, -0.1) is 0 Å². The molecule has 142 valence electrons. The van der Waals surface area contributed by atoms with Gasteiger partial charge in [-0.3, -0.25) is 4.79 Å². The van der Waals surface area contributed by atoms with Crippen LogP contribution in [-0.2, 0) is 37.4 Å². The normalized spacial score (nSPS) is 24.2. The van der Waals surface area contributed by atoms with Crippen molar-refractivity contribution in [2.45, 2.75) is 44.6 Å². The van der Waals surface area contributed by atoms with Crippen LogP contribution in [0.2, 0.25) is 0 Å². The molecule has 0 radical (unpaired) electrons. The van der Waals surface area contributed by atoms with Gasteiger partial charge < -0.3 is 19.3 Å². The zero-order valence-electron chi connectivity index (χ0n) is 14.5. The fourth-order valence-electron chi connectivity index (χ4n) is 2.89. The molecule has 1 aromatic heterocycles. The number of nitrogens with one attached hydrogen (secondary N) is 2. The number of amides is 1. The van der Waals surface area contributed by atoms with E-state index in [9.17, 15) is 13.2 Å². The van der Waals surface area contributed by atoms with Gasteiger partial charge in [0.15, 0.2) is 5.82 Å². The number of sulfonamides is 1. The van der Waals surface area contributed by atoms with Crippen LogP contribution in [0.25, 0.3) is 0 Å². The molecule has 0 unspecified atom stereocenters. The molecule has 1 aliphatic carbocycles. The number of methoxy groups -OCH3 is 2. The molecule has 0 aliphatic heterocycles. The van der Waals surface area contributed by atoms with Crippen molar-refractivity contribution >= 4 is 15.9 Å². The van der Waals surface area contributed by atoms with E-state index >= 15 is 0 Å². The van der Waals surface area contributed by atoms with Gasteiger partial charge in [0.25, 0.3) is 0 Å². The lowest BCUT2D eigenvalue weighted by Crippen LogP contribution is -2.49. The molecule has 1 aliphatic rings. The van der Waals surface area contributed by atoms with Gasteiger partial charge in [0, 0.05) is 26.2 Å². The Morgan fingerprint density at radius 1 is 1.36 bits per heavy atom. The number of nitrogens with zero attached hydrogens (tertiary/aromatic N) is 2. The van der Waals surface area contributed by atoms with Crippen molar-refractivity contribution in [2.75, 3.05) is 20.5 Å². The molecule has 1 amide bonds. The van der Waals surface area contributed by atoms with Crippen molar-refractivity contribution in [1.29, 1.82) is 0 Å². The van der Waals surface area contributed by atoms with Crippen molar-refractivity contribution in [2.24, 2.45) is 5.92 Å². The Balaban J connectivity index is 1.85. The highest BCUT2D eigenvalue weighted by molar-refractivity contribution is 7.88. The topological polar surface area (TPSA) is 133 Å². The molecular weight excluding hydrogens is 352 g/mol. The van der Waals surface area contributed by atoms with E-state index in [1.165, 1.54) is 14.2 Å². The van der Waals surface area contributed by atoms with Crippen LogP contribution in [0.4, 0.5) is 0 Å². The summed E-state index contributed by atoms with van der Waals surface area (Å²) in [6.07, 6.45) is 2.30. The third-order valence-corrected chi connectivity index (χ3v) is 4.76. The maximum atomic E-state index is 12.3. The van der Waals surface area contributed by atoms with E-state index in [2.05, 4.69) is 20.2 Å². The Bertz CT molecular complexity index is 677. The number of hydrogen-bond acceptors (Lipinski definition) is 8. The maximum Gasteiger partial charge on any atom is 0.246 e. The molecule has 1 fully saturated rings. The second kappa shape index (κ2) is 8.70. The monoisotopic (exact) mass is 376 g/mol. The summed E-state index contributed by atoms with van der Waals surface area (Å²) in [5, 5.41) is 6.48. The molecule has 1 heterocycles. The summed E-state index contributed by atoms with van der Waals surface area (Å²) in [4.78, 5) is 16.4. The molecule has 0 aromatic carbocycles. The molecule has 0 spiro atoms. The van der Waals surface area contributed by atoms with Gasteiger partial charge in [0.1, 0.15) is 6.61 Å². The Morgan fingerprint density at radius 2 is 2.12 bits per heavy atom. The first-order chi connectivity index (χ1) is 11.8. The molecule has 3 atom stereocenters. The van der Waals surface area contributed by atoms with E-state index in [0.717, 1.165) is 6.26 Å². The third-order valence-electron chi connectivity index (χ3n) is 4.03. The lowest BCUT2D eigenvalue weighted by molar-refractivity contribution is -0.128. The number of ether oxygens (including phenoxy) is 2. The van der Waals surface area contributed by atoms with Crippen LogP contribution >= 0.6 is 0 Å². The van der Waals surface area contributed by atoms with Crippen molar-refractivity contribution in [1.82, 2.24) is 20.2 Å². The van der Waals surface area contributed by atoms with Gasteiger partial charge >= 0.3 is 0 Å². The minimum Gasteiger partial charge on any atom is -0.380 e. The average molecular weight is 376 g/mol. The lowest BCUT2D eigenvalue weighted by Gasteiger charge is -2.34. The molecule has 2 N–H and O–H groups in total. The van der Waals surface area contributed by atoms with E-state index in [1.807, 2.05) is 0 Å². The van der Waals surface area contributed by atoms with Gasteiger partial charge in [0.2, 0.25) is 21.8 Å². The summed E-state index contributed by atoms with van der Waals surface area (Å²) >= 11 is 0. The van der Waals surface area contributed by atoms with Crippen LogP contribution in [0.5, 0.6) is 0 Å². The minimum atomic E-state index is -3.32. The summed E-state index contributed by atoms with van der Waals surface area (Å²) in [5.74, 6) is 0.310. The number of carbonyl (C=O) groups excluding carboxylic acids is 1. The zero-order chi connectivity index (χ0) is 18.4. The second-order valence-corrected chi connectivity index (χ2v) is 7.82. The van der Waals surface area contributed by atoms with Crippen LogP contribution in [0.1, 0.15) is 31.0 Å². The largest absolute Gasteiger partial charge is 0.380 e. The maximum absolute atomic E-state index is 12.3. The van der Waals surface area contributed by atoms with Gasteiger partial charge in [-0.05, 0) is 19.3 Å². The van der Waals surface area contributed by atoms with Crippen LogP contribution in [0.15, 0.2) is 4.52 Å². The quantitative estimate of drug-likeness (QED) is 0.624. The highest BCUT2D eigenvalue weighted by Gasteiger charge is 2.35. The summed E-state index contributed by atoms with van der Waals surface area (Å²) in [7, 11) is -0.283. The van der Waals surface area contributed by atoms with Gasteiger partial charge in [-0.2, -0.15) is 4.98 Å². The first-order valence-corrected chi connectivity index (χ1v) is 9.79. The second-order valence-electron chi connectivity index (χ2n) is 6.04. The molecule has 2 rings (SSSR count). The van der Waals surface area contributed by atoms with Crippen LogP contribution in [0, 0.1) is 5.92 Å². The number of aromatic nitrogens is 2. The predicted molar refractivity (Wildman–Crippen MR) is 86.8 cm³/mol. The van der Waals surface area contributed by atoms with Gasteiger partial charge in [-0.1, -0.05) is 5.16 Å². The van der Waals surface area contributed by atoms with Crippen molar-refractivity contribution in [3.63, 3.8) is 0 Å². The molecule has 1 saturated carbocycles. The Hall–Kier alpha value is -1.56. The van der Waals surface area contributed by atoms with Crippen LogP contribution in [0.3, 0.4) is 0 Å². The van der Waals surface area contributed by atoms with E-state index in [0.29, 0.717) is 31.0 Å². The summed E-state index contributed by atoms with van der Waals surface area (Å²) in [5.41, 5.74) is 0. The van der Waals surface area contributed by atoms with Gasteiger partial charge in [-0.25, -0.2) is 13.1 Å². The molecule has 0 saturated heterocycles. The first-order valence-electron chi connectivity index (χ1n) is 7.90. The Labute approximate surface area is 146 Å². The van der Waals surface area contributed by atoms with Gasteiger partial charge in [0.05, 0.1) is 18.9 Å². The molecule has 0 bridgehead atoms. The first kappa shape index (κ1) is 19.8. The smallest absolute Gasteiger partial charge is 0.246 e. The fourth-order valence-corrected chi connectivity index (χ4v) is 3.71. The molecule has 11 heteroatoms. The third kappa shape index (κ3) is 6.03. The van der Waals surface area contributed by atoms with E-state index in [-0.39, 0.29) is 37.1 Å². The molecule has 10 nitrogen and oxygen atoms in total. The molecule has 25 heavy (non-hydrogen) atoms. The van der Waals surface area contributed by atoms with Crippen molar-refractivity contribution in [3.05, 3.63) is 11.7 Å². The fraction of sp³-hybridized carbons (Fsp3) is 0.786. The highest BCUT2D eigenvalue weighted by atomic mass is 32.2. The predicted octanol–water partition coefficient (Wildman–Crippen LogP) is -0.435. The van der Waals surface area contributed by atoms with Crippen LogP contribution in [-0.4, -0.2) is 57.1 Å².